The van der Waals surface area contributed by atoms with Gasteiger partial charge in [0.25, 0.3) is 5.56 Å². The average molecular weight is 314 g/mol. The number of halogens is 3. The molecule has 0 aliphatic heterocycles. The van der Waals surface area contributed by atoms with Crippen molar-refractivity contribution in [2.45, 2.75) is 25.7 Å². The van der Waals surface area contributed by atoms with Crippen LogP contribution in [-0.4, -0.2) is 10.5 Å². The molecule has 1 amide bonds. The summed E-state index contributed by atoms with van der Waals surface area (Å²) < 4.78 is 43.6. The Hall–Kier alpha value is -2.51. The van der Waals surface area contributed by atoms with Crippen molar-refractivity contribution < 1.29 is 22.4 Å². The van der Waals surface area contributed by atoms with Crippen LogP contribution in [0.2, 0.25) is 0 Å². The predicted molar refractivity (Wildman–Crippen MR) is 71.0 cm³/mol. The second kappa shape index (κ2) is 6.08. The van der Waals surface area contributed by atoms with E-state index >= 15 is 0 Å². The highest BCUT2D eigenvalue weighted by molar-refractivity contribution is 5.76. The van der Waals surface area contributed by atoms with Crippen molar-refractivity contribution in [3.8, 4) is 0 Å². The molecule has 0 spiro atoms. The highest BCUT2D eigenvalue weighted by Crippen LogP contribution is 2.27. The summed E-state index contributed by atoms with van der Waals surface area (Å²) in [5.74, 6) is -0.0879. The Morgan fingerprint density at radius 1 is 1.36 bits per heavy atom. The minimum atomic E-state index is -4.58. The number of pyridine rings is 1. The molecule has 2 aromatic rings. The van der Waals surface area contributed by atoms with Crippen LogP contribution in [0, 0.1) is 0 Å². The Labute approximate surface area is 123 Å². The summed E-state index contributed by atoms with van der Waals surface area (Å²) in [5.41, 5.74) is -1.67. The van der Waals surface area contributed by atoms with E-state index in [1.165, 1.54) is 6.26 Å². The standard InChI is InChI=1S/C14H13F3N2O3/c1-9(11-3-2-6-22-11)18-12(20)8-19-7-10(14(15,16)17)4-5-13(19)21/h2-7,9H,8H2,1H3,(H,18,20)/t9-/m1/s1. The fourth-order valence-electron chi connectivity index (χ4n) is 1.87. The molecule has 2 rings (SSSR count). The fraction of sp³-hybridized carbons (Fsp3) is 0.286. The summed E-state index contributed by atoms with van der Waals surface area (Å²) in [6, 6.07) is 4.31. The first-order valence-electron chi connectivity index (χ1n) is 6.38. The smallest absolute Gasteiger partial charge is 0.417 e. The van der Waals surface area contributed by atoms with E-state index in [-0.39, 0.29) is 0 Å². The number of hydrogen-bond acceptors (Lipinski definition) is 3. The molecule has 1 N–H and O–H groups in total. The van der Waals surface area contributed by atoms with Crippen LogP contribution in [-0.2, 0) is 17.5 Å². The van der Waals surface area contributed by atoms with Gasteiger partial charge in [-0.25, -0.2) is 0 Å². The van der Waals surface area contributed by atoms with E-state index < -0.39 is 35.8 Å². The predicted octanol–water partition coefficient (Wildman–Crippen LogP) is 2.34. The molecule has 8 heteroatoms. The molecule has 0 bridgehead atoms. The normalized spacial score (nSPS) is 12.9. The first-order valence-corrected chi connectivity index (χ1v) is 6.38. The molecule has 0 radical (unpaired) electrons. The Bertz CT molecular complexity index is 705. The number of amides is 1. The average Bonchev–Trinajstić information content (AvgIpc) is 2.94. The maximum atomic E-state index is 12.6. The van der Waals surface area contributed by atoms with Gasteiger partial charge in [0, 0.05) is 12.3 Å². The lowest BCUT2D eigenvalue weighted by atomic mass is 10.2. The maximum absolute atomic E-state index is 12.6. The summed E-state index contributed by atoms with van der Waals surface area (Å²) in [6.07, 6.45) is -2.51. The van der Waals surface area contributed by atoms with Crippen molar-refractivity contribution in [2.75, 3.05) is 0 Å². The summed E-state index contributed by atoms with van der Waals surface area (Å²) >= 11 is 0. The van der Waals surface area contributed by atoms with Gasteiger partial charge in [0.15, 0.2) is 0 Å². The zero-order valence-corrected chi connectivity index (χ0v) is 11.6. The monoisotopic (exact) mass is 314 g/mol. The third-order valence-electron chi connectivity index (χ3n) is 2.97. The lowest BCUT2D eigenvalue weighted by molar-refractivity contribution is -0.138. The highest BCUT2D eigenvalue weighted by Gasteiger charge is 2.31. The zero-order chi connectivity index (χ0) is 16.3. The van der Waals surface area contributed by atoms with Crippen molar-refractivity contribution in [3.63, 3.8) is 0 Å². The molecule has 2 aromatic heterocycles. The number of alkyl halides is 3. The van der Waals surface area contributed by atoms with Crippen LogP contribution in [0.3, 0.4) is 0 Å². The summed E-state index contributed by atoms with van der Waals surface area (Å²) in [6.45, 7) is 1.15. The van der Waals surface area contributed by atoms with Gasteiger partial charge in [-0.2, -0.15) is 13.2 Å². The molecule has 2 heterocycles. The maximum Gasteiger partial charge on any atom is 0.417 e. The molecule has 0 aromatic carbocycles. The largest absolute Gasteiger partial charge is 0.467 e. The Balaban J connectivity index is 2.10. The second-order valence-electron chi connectivity index (χ2n) is 4.69. The van der Waals surface area contributed by atoms with Gasteiger partial charge in [-0.05, 0) is 25.1 Å². The molecule has 5 nitrogen and oxygen atoms in total. The topological polar surface area (TPSA) is 64.2 Å². The van der Waals surface area contributed by atoms with E-state index in [9.17, 15) is 22.8 Å². The molecule has 22 heavy (non-hydrogen) atoms. The molecule has 0 aliphatic carbocycles. The van der Waals surface area contributed by atoms with Crippen molar-refractivity contribution in [1.29, 1.82) is 0 Å². The van der Waals surface area contributed by atoms with Gasteiger partial charge in [0.2, 0.25) is 5.91 Å². The van der Waals surface area contributed by atoms with Crippen LogP contribution in [0.4, 0.5) is 13.2 Å². The van der Waals surface area contributed by atoms with Crippen molar-refractivity contribution >= 4 is 5.91 Å². The van der Waals surface area contributed by atoms with E-state index in [1.54, 1.807) is 19.1 Å². The number of hydrogen-bond donors (Lipinski definition) is 1. The number of nitrogens with zero attached hydrogens (tertiary/aromatic N) is 1. The third kappa shape index (κ3) is 3.78. The summed E-state index contributed by atoms with van der Waals surface area (Å²) in [5, 5.41) is 2.54. The molecule has 0 saturated heterocycles. The first kappa shape index (κ1) is 15.9. The Morgan fingerprint density at radius 3 is 2.68 bits per heavy atom. The molecular formula is C14H13F3N2O3. The third-order valence-corrected chi connectivity index (χ3v) is 2.97. The zero-order valence-electron chi connectivity index (χ0n) is 11.6. The van der Waals surface area contributed by atoms with E-state index in [0.717, 1.165) is 6.07 Å². The van der Waals surface area contributed by atoms with Gasteiger partial charge in [0.05, 0.1) is 17.9 Å². The molecule has 0 fully saturated rings. The molecule has 0 unspecified atom stereocenters. The minimum Gasteiger partial charge on any atom is -0.467 e. The first-order chi connectivity index (χ1) is 10.3. The van der Waals surface area contributed by atoms with E-state index in [0.29, 0.717) is 22.6 Å². The van der Waals surface area contributed by atoms with Crippen LogP contribution in [0.1, 0.15) is 24.3 Å². The highest BCUT2D eigenvalue weighted by atomic mass is 19.4. The quantitative estimate of drug-likeness (QED) is 0.942. The van der Waals surface area contributed by atoms with Crippen molar-refractivity contribution in [1.82, 2.24) is 9.88 Å². The van der Waals surface area contributed by atoms with Crippen LogP contribution in [0.5, 0.6) is 0 Å². The number of furan rings is 1. The van der Waals surface area contributed by atoms with E-state index in [4.69, 9.17) is 4.42 Å². The second-order valence-corrected chi connectivity index (χ2v) is 4.69. The molecular weight excluding hydrogens is 301 g/mol. The van der Waals surface area contributed by atoms with Gasteiger partial charge in [-0.3, -0.25) is 9.59 Å². The van der Waals surface area contributed by atoms with Gasteiger partial charge in [-0.15, -0.1) is 0 Å². The lowest BCUT2D eigenvalue weighted by Gasteiger charge is -2.13. The fourth-order valence-corrected chi connectivity index (χ4v) is 1.87. The van der Waals surface area contributed by atoms with Crippen molar-refractivity contribution in [3.05, 3.63) is 58.4 Å². The van der Waals surface area contributed by atoms with Crippen LogP contribution in [0.25, 0.3) is 0 Å². The Morgan fingerprint density at radius 2 is 2.09 bits per heavy atom. The Kier molecular flexibility index (Phi) is 4.39. The number of carbonyl (C=O) groups is 1. The van der Waals surface area contributed by atoms with E-state index in [2.05, 4.69) is 5.32 Å². The lowest BCUT2D eigenvalue weighted by Crippen LogP contribution is -2.33. The van der Waals surface area contributed by atoms with Crippen LogP contribution < -0.4 is 10.9 Å². The molecule has 0 aliphatic rings. The van der Waals surface area contributed by atoms with Crippen molar-refractivity contribution in [2.24, 2.45) is 0 Å². The minimum absolute atomic E-state index is 0.455. The van der Waals surface area contributed by atoms with Gasteiger partial charge in [0.1, 0.15) is 12.3 Å². The molecule has 118 valence electrons. The van der Waals surface area contributed by atoms with Crippen LogP contribution in [0.15, 0.2) is 45.9 Å². The number of aromatic nitrogens is 1. The molecule has 0 saturated carbocycles. The van der Waals surface area contributed by atoms with Gasteiger partial charge in [-0.1, -0.05) is 0 Å². The van der Waals surface area contributed by atoms with E-state index in [1.807, 2.05) is 0 Å². The summed E-state index contributed by atoms with van der Waals surface area (Å²) in [7, 11) is 0. The molecule has 1 atom stereocenters. The number of rotatable bonds is 4. The van der Waals surface area contributed by atoms with Crippen LogP contribution >= 0.6 is 0 Å². The number of nitrogens with one attached hydrogen (secondary N) is 1. The summed E-state index contributed by atoms with van der Waals surface area (Å²) in [4.78, 5) is 23.4. The van der Waals surface area contributed by atoms with Gasteiger partial charge >= 0.3 is 6.18 Å². The SMILES string of the molecule is C[C@@H](NC(=O)Cn1cc(C(F)(F)F)ccc1=O)c1ccco1. The number of carbonyl (C=O) groups excluding carboxylic acids is 1. The van der Waals surface area contributed by atoms with Gasteiger partial charge < -0.3 is 14.3 Å².